The van der Waals surface area contributed by atoms with Crippen molar-refractivity contribution in [3.8, 4) is 0 Å². The topological polar surface area (TPSA) is 113 Å². The third kappa shape index (κ3) is 5.45. The Hall–Kier alpha value is -2.77. The van der Waals surface area contributed by atoms with Gasteiger partial charge in [-0.1, -0.05) is 0 Å². The maximum Gasteiger partial charge on any atom is 0.242 e. The molecule has 0 saturated carbocycles. The summed E-state index contributed by atoms with van der Waals surface area (Å²) in [6.45, 7) is 5.61. The van der Waals surface area contributed by atoms with E-state index in [2.05, 4.69) is 30.6 Å². The van der Waals surface area contributed by atoms with Crippen molar-refractivity contribution in [1.82, 2.24) is 30.6 Å². The average Bonchev–Trinajstić information content (AvgIpc) is 2.98. The highest BCUT2D eigenvalue weighted by Gasteiger charge is 2.20. The van der Waals surface area contributed by atoms with Crippen LogP contribution < -0.4 is 10.6 Å². The molecule has 0 spiro atoms. The van der Waals surface area contributed by atoms with Gasteiger partial charge in [0, 0.05) is 49.6 Å². The number of hydrogen-bond acceptors (Lipinski definition) is 5. The van der Waals surface area contributed by atoms with E-state index in [0.29, 0.717) is 25.2 Å². The number of H-pyrrole nitrogens is 1. The average molecular weight is 330 g/mol. The van der Waals surface area contributed by atoms with E-state index in [1.54, 1.807) is 6.20 Å². The number of nitrogens with zero attached hydrogens (tertiary/aromatic N) is 3. The zero-order valence-corrected chi connectivity index (χ0v) is 14.1. The summed E-state index contributed by atoms with van der Waals surface area (Å²) >= 11 is 0. The van der Waals surface area contributed by atoms with Crippen molar-refractivity contribution in [2.24, 2.45) is 0 Å². The van der Waals surface area contributed by atoms with Crippen LogP contribution in [0.4, 0.5) is 0 Å². The van der Waals surface area contributed by atoms with E-state index >= 15 is 0 Å². The maximum atomic E-state index is 12.3. The summed E-state index contributed by atoms with van der Waals surface area (Å²) in [5.74, 6) is 0.189. The van der Waals surface area contributed by atoms with Gasteiger partial charge in [-0.3, -0.25) is 9.59 Å². The normalized spacial score (nSPS) is 11.8. The SMILES string of the molecule is CC(=O)N[C@@H](Cc1cnc[nH]1)C(=O)NCCc1nc(C)cc(C)n1. The summed E-state index contributed by atoms with van der Waals surface area (Å²) in [5, 5.41) is 5.47. The van der Waals surface area contributed by atoms with Crippen LogP contribution in [0.15, 0.2) is 18.6 Å². The first kappa shape index (κ1) is 17.6. The first-order valence-electron chi connectivity index (χ1n) is 7.77. The van der Waals surface area contributed by atoms with E-state index in [9.17, 15) is 9.59 Å². The smallest absolute Gasteiger partial charge is 0.242 e. The number of amides is 2. The molecule has 0 bridgehead atoms. The number of nitrogens with one attached hydrogen (secondary N) is 3. The Labute approximate surface area is 140 Å². The molecule has 2 amide bonds. The number of imidazole rings is 1. The Morgan fingerprint density at radius 2 is 1.96 bits per heavy atom. The molecular weight excluding hydrogens is 308 g/mol. The lowest BCUT2D eigenvalue weighted by Gasteiger charge is -2.16. The number of carbonyl (C=O) groups excluding carboxylic acids is 2. The molecule has 0 aliphatic heterocycles. The molecule has 0 aliphatic rings. The second-order valence-corrected chi connectivity index (χ2v) is 5.64. The molecule has 3 N–H and O–H groups in total. The fraction of sp³-hybridized carbons (Fsp3) is 0.438. The Morgan fingerprint density at radius 3 is 2.54 bits per heavy atom. The van der Waals surface area contributed by atoms with Gasteiger partial charge in [-0.25, -0.2) is 15.0 Å². The fourth-order valence-electron chi connectivity index (χ4n) is 2.40. The van der Waals surface area contributed by atoms with Gasteiger partial charge in [0.05, 0.1) is 6.33 Å². The van der Waals surface area contributed by atoms with Crippen LogP contribution in [-0.4, -0.2) is 44.3 Å². The van der Waals surface area contributed by atoms with Crippen molar-refractivity contribution < 1.29 is 9.59 Å². The van der Waals surface area contributed by atoms with E-state index in [1.165, 1.54) is 13.3 Å². The third-order valence-electron chi connectivity index (χ3n) is 3.35. The molecule has 0 aromatic carbocycles. The number of rotatable bonds is 7. The predicted molar refractivity (Wildman–Crippen MR) is 88.1 cm³/mol. The zero-order valence-electron chi connectivity index (χ0n) is 14.1. The first-order chi connectivity index (χ1) is 11.4. The number of aryl methyl sites for hydroxylation is 2. The predicted octanol–water partition coefficient (Wildman–Crippen LogP) is 0.223. The van der Waals surface area contributed by atoms with Crippen LogP contribution in [0.5, 0.6) is 0 Å². The van der Waals surface area contributed by atoms with Crippen LogP contribution in [0.2, 0.25) is 0 Å². The minimum absolute atomic E-state index is 0.246. The van der Waals surface area contributed by atoms with Crippen molar-refractivity contribution in [1.29, 1.82) is 0 Å². The van der Waals surface area contributed by atoms with Gasteiger partial charge in [0.15, 0.2) is 0 Å². The number of carbonyl (C=O) groups is 2. The van der Waals surface area contributed by atoms with E-state index in [4.69, 9.17) is 0 Å². The number of hydrogen-bond donors (Lipinski definition) is 3. The molecular formula is C16H22N6O2. The van der Waals surface area contributed by atoms with Crippen molar-refractivity contribution in [2.45, 2.75) is 39.7 Å². The molecule has 8 nitrogen and oxygen atoms in total. The van der Waals surface area contributed by atoms with Crippen LogP contribution >= 0.6 is 0 Å². The minimum Gasteiger partial charge on any atom is -0.354 e. The molecule has 0 radical (unpaired) electrons. The molecule has 0 aliphatic carbocycles. The highest BCUT2D eigenvalue weighted by molar-refractivity contribution is 5.87. The van der Waals surface area contributed by atoms with Gasteiger partial charge >= 0.3 is 0 Å². The summed E-state index contributed by atoms with van der Waals surface area (Å²) in [6, 6.07) is 1.25. The standard InChI is InChI=1S/C16H22N6O2/c1-10-6-11(2)21-15(20-10)4-5-18-16(24)14(22-12(3)23)7-13-8-17-9-19-13/h6,8-9,14H,4-5,7H2,1-3H3,(H,17,19)(H,18,24)(H,22,23)/t14-/m0/s1. The second-order valence-electron chi connectivity index (χ2n) is 5.64. The lowest BCUT2D eigenvalue weighted by atomic mass is 10.1. The lowest BCUT2D eigenvalue weighted by Crippen LogP contribution is -2.47. The van der Waals surface area contributed by atoms with Gasteiger partial charge in [-0.2, -0.15) is 0 Å². The summed E-state index contributed by atoms with van der Waals surface area (Å²) in [5.41, 5.74) is 2.58. The van der Waals surface area contributed by atoms with Crippen molar-refractivity contribution in [3.05, 3.63) is 41.5 Å². The van der Waals surface area contributed by atoms with Gasteiger partial charge in [-0.15, -0.1) is 0 Å². The monoisotopic (exact) mass is 330 g/mol. The summed E-state index contributed by atoms with van der Waals surface area (Å²) in [4.78, 5) is 39.2. The van der Waals surface area contributed by atoms with E-state index in [1.807, 2.05) is 19.9 Å². The van der Waals surface area contributed by atoms with Gasteiger partial charge in [0.1, 0.15) is 11.9 Å². The first-order valence-corrected chi connectivity index (χ1v) is 7.77. The lowest BCUT2D eigenvalue weighted by molar-refractivity contribution is -0.128. The quantitative estimate of drug-likeness (QED) is 0.672. The maximum absolute atomic E-state index is 12.3. The summed E-state index contributed by atoms with van der Waals surface area (Å²) < 4.78 is 0. The van der Waals surface area contributed by atoms with Crippen LogP contribution in [-0.2, 0) is 22.4 Å². The van der Waals surface area contributed by atoms with Crippen LogP contribution in [0.1, 0.15) is 29.8 Å². The molecule has 2 rings (SSSR count). The molecule has 1 atom stereocenters. The Morgan fingerprint density at radius 1 is 1.25 bits per heavy atom. The summed E-state index contributed by atoms with van der Waals surface area (Å²) in [6.07, 6.45) is 4.05. The van der Waals surface area contributed by atoms with Gasteiger partial charge in [0.25, 0.3) is 0 Å². The minimum atomic E-state index is -0.650. The molecule has 128 valence electrons. The Balaban J connectivity index is 1.90. The molecule has 2 aromatic heterocycles. The number of aromatic nitrogens is 4. The van der Waals surface area contributed by atoms with E-state index in [0.717, 1.165) is 17.1 Å². The van der Waals surface area contributed by atoms with Crippen LogP contribution in [0, 0.1) is 13.8 Å². The summed E-state index contributed by atoms with van der Waals surface area (Å²) in [7, 11) is 0. The van der Waals surface area contributed by atoms with Gasteiger partial charge < -0.3 is 15.6 Å². The molecule has 2 aromatic rings. The molecule has 8 heteroatoms. The Bertz CT molecular complexity index is 678. The molecule has 0 unspecified atom stereocenters. The zero-order chi connectivity index (χ0) is 17.5. The van der Waals surface area contributed by atoms with Crippen molar-refractivity contribution in [2.75, 3.05) is 6.54 Å². The van der Waals surface area contributed by atoms with Crippen molar-refractivity contribution in [3.63, 3.8) is 0 Å². The third-order valence-corrected chi connectivity index (χ3v) is 3.35. The molecule has 24 heavy (non-hydrogen) atoms. The molecule has 0 saturated heterocycles. The highest BCUT2D eigenvalue weighted by Crippen LogP contribution is 2.01. The molecule has 0 fully saturated rings. The van der Waals surface area contributed by atoms with Gasteiger partial charge in [0.2, 0.25) is 11.8 Å². The Kier molecular flexibility index (Phi) is 6.00. The van der Waals surface area contributed by atoms with E-state index in [-0.39, 0.29) is 11.8 Å². The van der Waals surface area contributed by atoms with Crippen molar-refractivity contribution >= 4 is 11.8 Å². The highest BCUT2D eigenvalue weighted by atomic mass is 16.2. The fourth-order valence-corrected chi connectivity index (χ4v) is 2.40. The van der Waals surface area contributed by atoms with Crippen LogP contribution in [0.3, 0.4) is 0 Å². The van der Waals surface area contributed by atoms with Gasteiger partial charge in [-0.05, 0) is 19.9 Å². The number of aromatic amines is 1. The largest absolute Gasteiger partial charge is 0.354 e. The second kappa shape index (κ2) is 8.19. The van der Waals surface area contributed by atoms with E-state index < -0.39 is 6.04 Å². The molecule has 2 heterocycles. The van der Waals surface area contributed by atoms with Crippen LogP contribution in [0.25, 0.3) is 0 Å².